The molecule has 0 amide bonds. The molecule has 5 heteroatoms. The van der Waals surface area contributed by atoms with Crippen LogP contribution in [-0.4, -0.2) is 25.4 Å². The van der Waals surface area contributed by atoms with Crippen LogP contribution in [0, 0.1) is 0 Å². The van der Waals surface area contributed by atoms with E-state index in [-0.39, 0.29) is 0 Å². The zero-order chi connectivity index (χ0) is 14.9. The van der Waals surface area contributed by atoms with Crippen LogP contribution >= 0.6 is 12.2 Å². The number of ether oxygens (including phenoxy) is 2. The maximum absolute atomic E-state index is 5.62. The maximum atomic E-state index is 5.62. The predicted molar refractivity (Wildman–Crippen MR) is 89.2 cm³/mol. The van der Waals surface area contributed by atoms with Crippen molar-refractivity contribution in [3.05, 3.63) is 54.6 Å². The Hall–Kier alpha value is -2.27. The molecule has 0 bridgehead atoms. The lowest BCUT2D eigenvalue weighted by Gasteiger charge is -2.11. The molecule has 0 fully saturated rings. The van der Waals surface area contributed by atoms with Gasteiger partial charge in [-0.25, -0.2) is 0 Å². The molecule has 2 rings (SSSR count). The zero-order valence-corrected chi connectivity index (χ0v) is 12.7. The van der Waals surface area contributed by atoms with Crippen LogP contribution in [0.3, 0.4) is 0 Å². The second-order valence-corrected chi connectivity index (χ2v) is 4.68. The third-order valence-electron chi connectivity index (χ3n) is 2.73. The molecule has 0 aliphatic carbocycles. The predicted octanol–water partition coefficient (Wildman–Crippen LogP) is 3.06. The fraction of sp³-hybridized carbons (Fsp3) is 0.188. The molecule has 110 valence electrons. The first kappa shape index (κ1) is 15.1. The molecule has 0 radical (unpaired) electrons. The summed E-state index contributed by atoms with van der Waals surface area (Å²) < 4.78 is 10.8. The zero-order valence-electron chi connectivity index (χ0n) is 11.8. The average Bonchev–Trinajstić information content (AvgIpc) is 2.53. The molecule has 0 aromatic heterocycles. The minimum atomic E-state index is 0.518. The Morgan fingerprint density at radius 3 is 2.57 bits per heavy atom. The van der Waals surface area contributed by atoms with Crippen molar-refractivity contribution in [2.75, 3.05) is 25.6 Å². The summed E-state index contributed by atoms with van der Waals surface area (Å²) in [6, 6.07) is 17.3. The third-order valence-corrected chi connectivity index (χ3v) is 2.98. The molecule has 0 unspecified atom stereocenters. The smallest absolute Gasteiger partial charge is 0.170 e. The van der Waals surface area contributed by atoms with Gasteiger partial charge in [0.25, 0.3) is 0 Å². The molecule has 2 N–H and O–H groups in total. The van der Waals surface area contributed by atoms with Crippen molar-refractivity contribution in [2.45, 2.75) is 0 Å². The number of thiocarbonyl (C=S) groups is 1. The highest BCUT2D eigenvalue weighted by atomic mass is 32.1. The number of rotatable bonds is 6. The van der Waals surface area contributed by atoms with E-state index in [9.17, 15) is 0 Å². The first-order valence-corrected chi connectivity index (χ1v) is 7.05. The van der Waals surface area contributed by atoms with Crippen LogP contribution in [0.25, 0.3) is 0 Å². The van der Waals surface area contributed by atoms with Gasteiger partial charge in [-0.05, 0) is 36.5 Å². The van der Waals surface area contributed by atoms with Gasteiger partial charge in [0.05, 0.1) is 13.7 Å². The highest BCUT2D eigenvalue weighted by Gasteiger charge is 1.98. The average molecular weight is 302 g/mol. The first-order chi connectivity index (χ1) is 10.3. The van der Waals surface area contributed by atoms with Crippen molar-refractivity contribution in [1.29, 1.82) is 0 Å². The van der Waals surface area contributed by atoms with Crippen molar-refractivity contribution in [1.82, 2.24) is 5.32 Å². The van der Waals surface area contributed by atoms with Crippen molar-refractivity contribution in [3.63, 3.8) is 0 Å². The minimum absolute atomic E-state index is 0.518. The fourth-order valence-electron chi connectivity index (χ4n) is 1.72. The van der Waals surface area contributed by atoms with Crippen LogP contribution in [-0.2, 0) is 0 Å². The van der Waals surface area contributed by atoms with E-state index in [1.807, 2.05) is 54.6 Å². The summed E-state index contributed by atoms with van der Waals surface area (Å²) in [5.41, 5.74) is 0.962. The van der Waals surface area contributed by atoms with Gasteiger partial charge in [0, 0.05) is 11.8 Å². The number of hydrogen-bond acceptors (Lipinski definition) is 3. The van der Waals surface area contributed by atoms with Gasteiger partial charge in [0.2, 0.25) is 0 Å². The molecular weight excluding hydrogens is 284 g/mol. The summed E-state index contributed by atoms with van der Waals surface area (Å²) >= 11 is 5.21. The molecule has 0 spiro atoms. The van der Waals surface area contributed by atoms with Crippen molar-refractivity contribution < 1.29 is 9.47 Å². The molecule has 2 aromatic rings. The maximum Gasteiger partial charge on any atom is 0.170 e. The monoisotopic (exact) mass is 302 g/mol. The van der Waals surface area contributed by atoms with Gasteiger partial charge in [-0.2, -0.15) is 0 Å². The van der Waals surface area contributed by atoms with E-state index in [1.165, 1.54) is 0 Å². The largest absolute Gasteiger partial charge is 0.497 e. The minimum Gasteiger partial charge on any atom is -0.497 e. The van der Waals surface area contributed by atoms with E-state index in [0.717, 1.165) is 17.2 Å². The lowest BCUT2D eigenvalue weighted by molar-refractivity contribution is 0.319. The van der Waals surface area contributed by atoms with E-state index in [2.05, 4.69) is 10.6 Å². The van der Waals surface area contributed by atoms with Crippen molar-refractivity contribution >= 4 is 23.0 Å². The number of para-hydroxylation sites is 1. The van der Waals surface area contributed by atoms with Gasteiger partial charge in [-0.1, -0.05) is 24.3 Å². The lowest BCUT2D eigenvalue weighted by atomic mass is 10.3. The summed E-state index contributed by atoms with van der Waals surface area (Å²) in [7, 11) is 1.63. The Morgan fingerprint density at radius 1 is 1.05 bits per heavy atom. The number of anilines is 1. The van der Waals surface area contributed by atoms with Crippen LogP contribution in [0.1, 0.15) is 0 Å². The normalized spacial score (nSPS) is 9.76. The van der Waals surface area contributed by atoms with E-state index >= 15 is 0 Å². The Bertz CT molecular complexity index is 575. The van der Waals surface area contributed by atoms with Crippen LogP contribution in [0.2, 0.25) is 0 Å². The molecule has 4 nitrogen and oxygen atoms in total. The van der Waals surface area contributed by atoms with Gasteiger partial charge in [-0.15, -0.1) is 0 Å². The molecule has 0 saturated heterocycles. The summed E-state index contributed by atoms with van der Waals surface area (Å²) in [6.45, 7) is 1.14. The first-order valence-electron chi connectivity index (χ1n) is 6.64. The van der Waals surface area contributed by atoms with Gasteiger partial charge in [0.15, 0.2) is 5.11 Å². The van der Waals surface area contributed by atoms with Crippen LogP contribution < -0.4 is 20.1 Å². The fourth-order valence-corrected chi connectivity index (χ4v) is 1.94. The highest BCUT2D eigenvalue weighted by molar-refractivity contribution is 7.80. The molecule has 21 heavy (non-hydrogen) atoms. The highest BCUT2D eigenvalue weighted by Crippen LogP contribution is 2.18. The van der Waals surface area contributed by atoms with Gasteiger partial charge in [0.1, 0.15) is 18.1 Å². The number of methoxy groups -OCH3 is 1. The SMILES string of the molecule is COc1cccc(OCCNC(=S)Nc2ccccc2)c1. The van der Waals surface area contributed by atoms with Gasteiger partial charge >= 0.3 is 0 Å². The second kappa shape index (κ2) is 8.11. The van der Waals surface area contributed by atoms with E-state index in [1.54, 1.807) is 7.11 Å². The Balaban J connectivity index is 1.68. The topological polar surface area (TPSA) is 42.5 Å². The quantitative estimate of drug-likeness (QED) is 0.634. The molecule has 0 atom stereocenters. The van der Waals surface area contributed by atoms with E-state index in [4.69, 9.17) is 21.7 Å². The molecule has 0 aliphatic rings. The van der Waals surface area contributed by atoms with Crippen molar-refractivity contribution in [3.8, 4) is 11.5 Å². The van der Waals surface area contributed by atoms with E-state index < -0.39 is 0 Å². The number of benzene rings is 2. The van der Waals surface area contributed by atoms with Crippen LogP contribution in [0.15, 0.2) is 54.6 Å². The third kappa shape index (κ3) is 5.31. The Kier molecular flexibility index (Phi) is 5.84. The van der Waals surface area contributed by atoms with Crippen LogP contribution in [0.4, 0.5) is 5.69 Å². The molecule has 0 heterocycles. The molecule has 0 saturated carbocycles. The Morgan fingerprint density at radius 2 is 1.81 bits per heavy atom. The summed E-state index contributed by atoms with van der Waals surface area (Å²) in [5.74, 6) is 1.56. The van der Waals surface area contributed by atoms with Crippen LogP contribution in [0.5, 0.6) is 11.5 Å². The number of hydrogen-bond donors (Lipinski definition) is 2. The molecule has 2 aromatic carbocycles. The standard InChI is InChI=1S/C16H18N2O2S/c1-19-14-8-5-9-15(12-14)20-11-10-17-16(21)18-13-6-3-2-4-7-13/h2-9,12H,10-11H2,1H3,(H2,17,18,21). The summed E-state index contributed by atoms with van der Waals surface area (Å²) in [6.07, 6.45) is 0. The summed E-state index contributed by atoms with van der Waals surface area (Å²) in [5, 5.41) is 6.78. The molecular formula is C16H18N2O2S. The van der Waals surface area contributed by atoms with Crippen molar-refractivity contribution in [2.24, 2.45) is 0 Å². The number of nitrogens with one attached hydrogen (secondary N) is 2. The Labute approximate surface area is 130 Å². The van der Waals surface area contributed by atoms with Gasteiger partial charge < -0.3 is 20.1 Å². The lowest BCUT2D eigenvalue weighted by Crippen LogP contribution is -2.31. The second-order valence-electron chi connectivity index (χ2n) is 4.27. The summed E-state index contributed by atoms with van der Waals surface area (Å²) in [4.78, 5) is 0. The van der Waals surface area contributed by atoms with E-state index in [0.29, 0.717) is 18.3 Å². The molecule has 0 aliphatic heterocycles. The van der Waals surface area contributed by atoms with Gasteiger partial charge in [-0.3, -0.25) is 0 Å².